The lowest BCUT2D eigenvalue weighted by molar-refractivity contribution is -0.132. The second-order valence-electron chi connectivity index (χ2n) is 6.69. The molecule has 1 heterocycles. The van der Waals surface area contributed by atoms with Crippen molar-refractivity contribution in [2.75, 3.05) is 19.7 Å². The first kappa shape index (κ1) is 19.3. The maximum atomic E-state index is 12.3. The fourth-order valence-electron chi connectivity index (χ4n) is 3.08. The van der Waals surface area contributed by atoms with Gasteiger partial charge in [-0.25, -0.2) is 0 Å². The van der Waals surface area contributed by atoms with Crippen molar-refractivity contribution in [1.82, 2.24) is 10.2 Å². The molecule has 25 heavy (non-hydrogen) atoms. The van der Waals surface area contributed by atoms with Crippen LogP contribution >= 0.6 is 0 Å². The monoisotopic (exact) mass is 346 g/mol. The summed E-state index contributed by atoms with van der Waals surface area (Å²) in [6, 6.07) is 8.13. The van der Waals surface area contributed by atoms with E-state index < -0.39 is 0 Å². The van der Waals surface area contributed by atoms with Crippen LogP contribution in [0, 0.1) is 6.92 Å². The van der Waals surface area contributed by atoms with Crippen molar-refractivity contribution in [3.05, 3.63) is 29.8 Å². The van der Waals surface area contributed by atoms with Gasteiger partial charge in [-0.2, -0.15) is 0 Å². The predicted octanol–water partition coefficient (Wildman–Crippen LogP) is 3.06. The Morgan fingerprint density at radius 1 is 1.20 bits per heavy atom. The number of amides is 2. The number of hydrogen-bond donors (Lipinski definition) is 1. The number of carbonyl (C=O) groups excluding carboxylic acids is 2. The van der Waals surface area contributed by atoms with Gasteiger partial charge in [0.2, 0.25) is 11.8 Å². The van der Waals surface area contributed by atoms with Crippen LogP contribution in [0.2, 0.25) is 0 Å². The van der Waals surface area contributed by atoms with E-state index in [9.17, 15) is 9.59 Å². The maximum absolute atomic E-state index is 12.3. The first-order chi connectivity index (χ1) is 12.1. The fraction of sp³-hybridized carbons (Fsp3) is 0.600. The van der Waals surface area contributed by atoms with Crippen LogP contribution in [0.5, 0.6) is 5.75 Å². The van der Waals surface area contributed by atoms with E-state index in [1.807, 2.05) is 43.0 Å². The van der Waals surface area contributed by atoms with Gasteiger partial charge in [0.05, 0.1) is 6.61 Å². The summed E-state index contributed by atoms with van der Waals surface area (Å²) in [4.78, 5) is 25.8. The van der Waals surface area contributed by atoms with Gasteiger partial charge >= 0.3 is 0 Å². The van der Waals surface area contributed by atoms with Gasteiger partial charge in [0.25, 0.3) is 0 Å². The molecule has 1 aliphatic heterocycles. The van der Waals surface area contributed by atoms with Crippen molar-refractivity contribution in [3.8, 4) is 5.75 Å². The molecule has 0 saturated carbocycles. The Balaban J connectivity index is 1.62. The van der Waals surface area contributed by atoms with Gasteiger partial charge in [-0.1, -0.05) is 25.1 Å². The number of para-hydroxylation sites is 1. The van der Waals surface area contributed by atoms with E-state index in [1.54, 1.807) is 0 Å². The van der Waals surface area contributed by atoms with E-state index >= 15 is 0 Å². The Labute approximate surface area is 150 Å². The molecule has 0 bridgehead atoms. The number of nitrogens with one attached hydrogen (secondary N) is 1. The highest BCUT2D eigenvalue weighted by atomic mass is 16.5. The van der Waals surface area contributed by atoms with Crippen LogP contribution < -0.4 is 10.1 Å². The topological polar surface area (TPSA) is 58.6 Å². The summed E-state index contributed by atoms with van der Waals surface area (Å²) in [6.07, 6.45) is 4.38. The van der Waals surface area contributed by atoms with Crippen molar-refractivity contribution in [2.45, 2.75) is 58.4 Å². The summed E-state index contributed by atoms with van der Waals surface area (Å²) >= 11 is 0. The average molecular weight is 346 g/mol. The smallest absolute Gasteiger partial charge is 0.222 e. The molecule has 1 fully saturated rings. The van der Waals surface area contributed by atoms with Gasteiger partial charge in [-0.05, 0) is 44.2 Å². The molecule has 0 aromatic heterocycles. The number of benzene rings is 1. The van der Waals surface area contributed by atoms with E-state index in [1.165, 1.54) is 0 Å². The minimum atomic E-state index is 0.126. The molecule has 0 unspecified atom stereocenters. The molecule has 0 aliphatic carbocycles. The number of aryl methyl sites for hydroxylation is 1. The molecule has 1 aliphatic rings. The molecule has 0 radical (unpaired) electrons. The lowest BCUT2D eigenvalue weighted by atomic mass is 10.0. The zero-order valence-corrected chi connectivity index (χ0v) is 15.4. The van der Waals surface area contributed by atoms with Crippen LogP contribution in [0.4, 0.5) is 0 Å². The summed E-state index contributed by atoms with van der Waals surface area (Å²) in [5, 5.41) is 3.06. The molecule has 1 saturated heterocycles. The largest absolute Gasteiger partial charge is 0.493 e. The lowest BCUT2D eigenvalue weighted by Gasteiger charge is -2.32. The predicted molar refractivity (Wildman–Crippen MR) is 98.6 cm³/mol. The molecule has 2 amide bonds. The van der Waals surface area contributed by atoms with Crippen LogP contribution in [0.3, 0.4) is 0 Å². The zero-order chi connectivity index (χ0) is 18.1. The van der Waals surface area contributed by atoms with Crippen LogP contribution in [0.25, 0.3) is 0 Å². The van der Waals surface area contributed by atoms with E-state index in [-0.39, 0.29) is 17.9 Å². The molecule has 138 valence electrons. The Morgan fingerprint density at radius 3 is 2.60 bits per heavy atom. The average Bonchev–Trinajstić information content (AvgIpc) is 2.61. The molecule has 1 N–H and O–H groups in total. The minimum Gasteiger partial charge on any atom is -0.493 e. The Bertz CT molecular complexity index is 566. The number of ether oxygens (including phenoxy) is 1. The lowest BCUT2D eigenvalue weighted by Crippen LogP contribution is -2.46. The quantitative estimate of drug-likeness (QED) is 0.736. The van der Waals surface area contributed by atoms with Gasteiger partial charge in [-0.3, -0.25) is 9.59 Å². The third-order valence-corrected chi connectivity index (χ3v) is 4.58. The molecule has 5 heteroatoms. The standard InChI is InChI=1S/C20H30N2O3/c1-3-7-19(23)21-17-11-13-22(14-12-17)20(24)10-6-15-25-18-9-5-4-8-16(18)2/h4-5,8-9,17H,3,6-7,10-15H2,1-2H3,(H,21,23). The molecule has 1 aromatic rings. The van der Waals surface area contributed by atoms with Gasteiger partial charge in [-0.15, -0.1) is 0 Å². The summed E-state index contributed by atoms with van der Waals surface area (Å²) in [5.74, 6) is 1.20. The number of likely N-dealkylation sites (tertiary alicyclic amines) is 1. The highest BCUT2D eigenvalue weighted by Crippen LogP contribution is 2.17. The Hall–Kier alpha value is -2.04. The zero-order valence-electron chi connectivity index (χ0n) is 15.4. The number of piperidine rings is 1. The SMILES string of the molecule is CCCC(=O)NC1CCN(C(=O)CCCOc2ccccc2C)CC1. The van der Waals surface area contributed by atoms with Crippen molar-refractivity contribution in [2.24, 2.45) is 0 Å². The first-order valence-electron chi connectivity index (χ1n) is 9.35. The molecular weight excluding hydrogens is 316 g/mol. The molecular formula is C20H30N2O3. The van der Waals surface area contributed by atoms with E-state index in [0.717, 1.165) is 50.1 Å². The summed E-state index contributed by atoms with van der Waals surface area (Å²) < 4.78 is 5.74. The maximum Gasteiger partial charge on any atom is 0.222 e. The number of rotatable bonds is 8. The van der Waals surface area contributed by atoms with Crippen molar-refractivity contribution < 1.29 is 14.3 Å². The van der Waals surface area contributed by atoms with Gasteiger partial charge in [0, 0.05) is 32.0 Å². The summed E-state index contributed by atoms with van der Waals surface area (Å²) in [5.41, 5.74) is 1.11. The highest BCUT2D eigenvalue weighted by Gasteiger charge is 2.23. The van der Waals surface area contributed by atoms with Crippen molar-refractivity contribution in [3.63, 3.8) is 0 Å². The summed E-state index contributed by atoms with van der Waals surface area (Å²) in [6.45, 7) is 6.04. The Morgan fingerprint density at radius 2 is 1.92 bits per heavy atom. The van der Waals surface area contributed by atoms with Crippen molar-refractivity contribution >= 4 is 11.8 Å². The van der Waals surface area contributed by atoms with Crippen LogP contribution in [-0.2, 0) is 9.59 Å². The minimum absolute atomic E-state index is 0.126. The van der Waals surface area contributed by atoms with Gasteiger partial charge in [0.15, 0.2) is 0 Å². The Kier molecular flexibility index (Phi) is 7.76. The van der Waals surface area contributed by atoms with E-state index in [4.69, 9.17) is 4.74 Å². The first-order valence-corrected chi connectivity index (χ1v) is 9.35. The number of nitrogens with zero attached hydrogens (tertiary/aromatic N) is 1. The second-order valence-corrected chi connectivity index (χ2v) is 6.69. The van der Waals surface area contributed by atoms with Gasteiger partial charge < -0.3 is 15.0 Å². The second kappa shape index (κ2) is 10.1. The number of hydrogen-bond acceptors (Lipinski definition) is 3. The summed E-state index contributed by atoms with van der Waals surface area (Å²) in [7, 11) is 0. The molecule has 5 nitrogen and oxygen atoms in total. The van der Waals surface area contributed by atoms with Crippen molar-refractivity contribution in [1.29, 1.82) is 0 Å². The van der Waals surface area contributed by atoms with E-state index in [2.05, 4.69) is 5.32 Å². The molecule has 0 spiro atoms. The molecule has 1 aromatic carbocycles. The van der Waals surface area contributed by atoms with Gasteiger partial charge in [0.1, 0.15) is 5.75 Å². The normalized spacial score (nSPS) is 15.0. The number of carbonyl (C=O) groups is 2. The van der Waals surface area contributed by atoms with E-state index in [0.29, 0.717) is 19.4 Å². The fourth-order valence-corrected chi connectivity index (χ4v) is 3.08. The molecule has 0 atom stereocenters. The van der Waals surface area contributed by atoms with Crippen LogP contribution in [-0.4, -0.2) is 42.5 Å². The van der Waals surface area contributed by atoms with Crippen LogP contribution in [0.1, 0.15) is 51.0 Å². The van der Waals surface area contributed by atoms with Crippen LogP contribution in [0.15, 0.2) is 24.3 Å². The molecule has 2 rings (SSSR count). The third-order valence-electron chi connectivity index (χ3n) is 4.58. The third kappa shape index (κ3) is 6.40. The highest BCUT2D eigenvalue weighted by molar-refractivity contribution is 5.77.